The molecule has 0 aromatic heterocycles. The van der Waals surface area contributed by atoms with Crippen LogP contribution in [0.3, 0.4) is 0 Å². The molecule has 0 aliphatic heterocycles. The van der Waals surface area contributed by atoms with Crippen LogP contribution in [0.4, 0.5) is 4.39 Å². The molecule has 5 nitrogen and oxygen atoms in total. The Balaban J connectivity index is 2.70. The topological polar surface area (TPSA) is 71.1 Å². The molecule has 0 amide bonds. The average molecular weight is 255 g/mol. The van der Waals surface area contributed by atoms with Gasteiger partial charge < -0.3 is 20.6 Å². The Labute approximate surface area is 106 Å². The van der Waals surface area contributed by atoms with E-state index in [-0.39, 0.29) is 11.4 Å². The van der Waals surface area contributed by atoms with E-state index in [1.807, 2.05) is 19.0 Å². The zero-order chi connectivity index (χ0) is 13.5. The highest BCUT2D eigenvalue weighted by Gasteiger charge is 2.09. The first kappa shape index (κ1) is 14.2. The first-order valence-electron chi connectivity index (χ1n) is 5.59. The van der Waals surface area contributed by atoms with Crippen LogP contribution in [0.5, 0.6) is 5.75 Å². The van der Waals surface area contributed by atoms with Gasteiger partial charge in [0.2, 0.25) is 0 Å². The number of nitrogens with two attached hydrogens (primary N) is 1. The van der Waals surface area contributed by atoms with Gasteiger partial charge in [-0.3, -0.25) is 0 Å². The fourth-order valence-corrected chi connectivity index (χ4v) is 1.45. The van der Waals surface area contributed by atoms with Crippen LogP contribution in [0.25, 0.3) is 0 Å². The number of oxime groups is 1. The molecule has 1 rings (SSSR count). The van der Waals surface area contributed by atoms with Crippen LogP contribution in [0, 0.1) is 5.82 Å². The maximum atomic E-state index is 13.1. The quantitative estimate of drug-likeness (QED) is 0.264. The number of ether oxygens (including phenoxy) is 1. The van der Waals surface area contributed by atoms with Gasteiger partial charge in [-0.1, -0.05) is 5.16 Å². The van der Waals surface area contributed by atoms with Crippen molar-refractivity contribution in [3.05, 3.63) is 29.6 Å². The van der Waals surface area contributed by atoms with Gasteiger partial charge in [-0.15, -0.1) is 0 Å². The number of benzene rings is 1. The Bertz CT molecular complexity index is 422. The smallest absolute Gasteiger partial charge is 0.173 e. The second-order valence-electron chi connectivity index (χ2n) is 4.13. The van der Waals surface area contributed by atoms with E-state index in [4.69, 9.17) is 15.7 Å². The minimum absolute atomic E-state index is 0.169. The van der Waals surface area contributed by atoms with Gasteiger partial charge in [-0.05, 0) is 38.7 Å². The summed E-state index contributed by atoms with van der Waals surface area (Å²) in [6, 6.07) is 3.92. The third kappa shape index (κ3) is 4.21. The number of halogens is 1. The highest BCUT2D eigenvalue weighted by molar-refractivity contribution is 5.99. The van der Waals surface area contributed by atoms with Crippen LogP contribution in [-0.2, 0) is 0 Å². The van der Waals surface area contributed by atoms with E-state index in [9.17, 15) is 4.39 Å². The summed E-state index contributed by atoms with van der Waals surface area (Å²) in [6.07, 6.45) is 0.833. The standard InChI is InChI=1S/C12H18FN3O2/c1-16(2)6-3-7-18-11-5-4-9(13)8-10(11)12(14)15-17/h4-5,8,17H,3,6-7H2,1-2H3,(H2,14,15). The molecule has 0 fully saturated rings. The van der Waals surface area contributed by atoms with Gasteiger partial charge in [0.1, 0.15) is 11.6 Å². The fraction of sp³-hybridized carbons (Fsp3) is 0.417. The van der Waals surface area contributed by atoms with E-state index in [2.05, 4.69) is 5.16 Å². The Hall–Kier alpha value is -1.82. The van der Waals surface area contributed by atoms with Crippen LogP contribution >= 0.6 is 0 Å². The van der Waals surface area contributed by atoms with Crippen LogP contribution in [0.1, 0.15) is 12.0 Å². The van der Waals surface area contributed by atoms with Crippen molar-refractivity contribution in [2.24, 2.45) is 10.9 Å². The van der Waals surface area contributed by atoms with Crippen molar-refractivity contribution in [1.82, 2.24) is 4.90 Å². The summed E-state index contributed by atoms with van der Waals surface area (Å²) in [6.45, 7) is 1.37. The molecule has 0 heterocycles. The van der Waals surface area contributed by atoms with Gasteiger partial charge >= 0.3 is 0 Å². The lowest BCUT2D eigenvalue weighted by Gasteiger charge is -2.12. The molecule has 1 aromatic rings. The molecule has 0 saturated carbocycles. The fourth-order valence-electron chi connectivity index (χ4n) is 1.45. The maximum absolute atomic E-state index is 13.1. The zero-order valence-corrected chi connectivity index (χ0v) is 10.6. The lowest BCUT2D eigenvalue weighted by molar-refractivity contribution is 0.280. The molecule has 0 spiro atoms. The molecule has 6 heteroatoms. The van der Waals surface area contributed by atoms with Crippen LogP contribution in [-0.4, -0.2) is 43.2 Å². The monoisotopic (exact) mass is 255 g/mol. The van der Waals surface area contributed by atoms with Gasteiger partial charge in [-0.2, -0.15) is 0 Å². The number of rotatable bonds is 6. The van der Waals surface area contributed by atoms with Crippen molar-refractivity contribution >= 4 is 5.84 Å². The molecule has 0 atom stereocenters. The van der Waals surface area contributed by atoms with Crippen molar-refractivity contribution in [3.8, 4) is 5.75 Å². The van der Waals surface area contributed by atoms with Gasteiger partial charge in [0.25, 0.3) is 0 Å². The zero-order valence-electron chi connectivity index (χ0n) is 10.6. The first-order valence-corrected chi connectivity index (χ1v) is 5.59. The van der Waals surface area contributed by atoms with Crippen LogP contribution in [0.2, 0.25) is 0 Å². The summed E-state index contributed by atoms with van der Waals surface area (Å²) in [5.41, 5.74) is 5.71. The largest absolute Gasteiger partial charge is 0.493 e. The van der Waals surface area contributed by atoms with Crippen molar-refractivity contribution in [1.29, 1.82) is 0 Å². The van der Waals surface area contributed by atoms with Gasteiger partial charge in [0.15, 0.2) is 5.84 Å². The lowest BCUT2D eigenvalue weighted by atomic mass is 10.2. The minimum atomic E-state index is -0.461. The van der Waals surface area contributed by atoms with E-state index >= 15 is 0 Å². The summed E-state index contributed by atoms with van der Waals surface area (Å²) >= 11 is 0. The van der Waals surface area contributed by atoms with Crippen molar-refractivity contribution in [2.45, 2.75) is 6.42 Å². The number of hydrogen-bond acceptors (Lipinski definition) is 4. The van der Waals surface area contributed by atoms with E-state index < -0.39 is 5.82 Å². The van der Waals surface area contributed by atoms with E-state index in [1.54, 1.807) is 0 Å². The molecule has 1 aromatic carbocycles. The number of amidine groups is 1. The molecule has 3 N–H and O–H groups in total. The van der Waals surface area contributed by atoms with Gasteiger partial charge in [0, 0.05) is 6.54 Å². The molecule has 0 aliphatic carbocycles. The minimum Gasteiger partial charge on any atom is -0.493 e. The lowest BCUT2D eigenvalue weighted by Crippen LogP contribution is -2.18. The predicted octanol–water partition coefficient (Wildman–Crippen LogP) is 1.25. The van der Waals surface area contributed by atoms with Crippen molar-refractivity contribution < 1.29 is 14.3 Å². The highest BCUT2D eigenvalue weighted by Crippen LogP contribution is 2.19. The van der Waals surface area contributed by atoms with Gasteiger partial charge in [-0.25, -0.2) is 4.39 Å². The molecule has 0 bridgehead atoms. The predicted molar refractivity (Wildman–Crippen MR) is 67.6 cm³/mol. The van der Waals surface area contributed by atoms with E-state index in [0.29, 0.717) is 12.4 Å². The summed E-state index contributed by atoms with van der Waals surface area (Å²) in [7, 11) is 3.94. The average Bonchev–Trinajstić information content (AvgIpc) is 2.34. The molecule has 0 unspecified atom stereocenters. The number of nitrogens with zero attached hydrogens (tertiary/aromatic N) is 2. The second kappa shape index (κ2) is 6.80. The molecular formula is C12H18FN3O2. The van der Waals surface area contributed by atoms with Gasteiger partial charge in [0.05, 0.1) is 12.2 Å². The molecule has 100 valence electrons. The third-order valence-electron chi connectivity index (χ3n) is 2.33. The van der Waals surface area contributed by atoms with Crippen molar-refractivity contribution in [3.63, 3.8) is 0 Å². The molecule has 0 saturated heterocycles. The number of hydrogen-bond donors (Lipinski definition) is 2. The summed E-state index contributed by atoms with van der Waals surface area (Å²) in [5, 5.41) is 11.5. The molecule has 18 heavy (non-hydrogen) atoms. The SMILES string of the molecule is CN(C)CCCOc1ccc(F)cc1C(N)=NO. The Morgan fingerprint density at radius 1 is 1.50 bits per heavy atom. The normalized spacial score (nSPS) is 11.9. The second-order valence-corrected chi connectivity index (χ2v) is 4.13. The van der Waals surface area contributed by atoms with E-state index in [0.717, 1.165) is 13.0 Å². The summed E-state index contributed by atoms with van der Waals surface area (Å²) < 4.78 is 18.6. The maximum Gasteiger partial charge on any atom is 0.173 e. The molecule has 0 radical (unpaired) electrons. The summed E-state index contributed by atoms with van der Waals surface area (Å²) in [5.74, 6) is -0.222. The molecule has 0 aliphatic rings. The van der Waals surface area contributed by atoms with Crippen LogP contribution in [0.15, 0.2) is 23.4 Å². The van der Waals surface area contributed by atoms with E-state index in [1.165, 1.54) is 18.2 Å². The Morgan fingerprint density at radius 3 is 2.83 bits per heavy atom. The Kier molecular flexibility index (Phi) is 5.38. The van der Waals surface area contributed by atoms with Crippen LogP contribution < -0.4 is 10.5 Å². The Morgan fingerprint density at radius 2 is 2.22 bits per heavy atom. The highest BCUT2D eigenvalue weighted by atomic mass is 19.1. The third-order valence-corrected chi connectivity index (χ3v) is 2.33. The van der Waals surface area contributed by atoms with Crippen molar-refractivity contribution in [2.75, 3.05) is 27.2 Å². The summed E-state index contributed by atoms with van der Waals surface area (Å²) in [4.78, 5) is 2.04. The molecular weight excluding hydrogens is 237 g/mol. The first-order chi connectivity index (χ1) is 8.54.